The summed E-state index contributed by atoms with van der Waals surface area (Å²) in [6.07, 6.45) is 4.26. The first-order valence-electron chi connectivity index (χ1n) is 3.44. The molecule has 0 fully saturated rings. The Balaban J connectivity index is 0. The van der Waals surface area contributed by atoms with Crippen molar-refractivity contribution in [1.29, 1.82) is 0 Å². The zero-order valence-electron chi connectivity index (χ0n) is 6.95. The average Bonchev–Trinajstić information content (AvgIpc) is 1.67. The number of halogens is 1. The summed E-state index contributed by atoms with van der Waals surface area (Å²) in [5, 5.41) is 0. The van der Waals surface area contributed by atoms with E-state index in [4.69, 9.17) is 0 Å². The smallest absolute Gasteiger partial charge is 0.0586 e. The van der Waals surface area contributed by atoms with Gasteiger partial charge in [-0.1, -0.05) is 6.92 Å². The Morgan fingerprint density at radius 1 is 1.11 bits per heavy atom. The molecule has 0 N–H and O–H groups in total. The van der Waals surface area contributed by atoms with E-state index >= 15 is 0 Å². The lowest BCUT2D eigenvalue weighted by molar-refractivity contribution is -0.00000209. The molecule has 0 aromatic rings. The van der Waals surface area contributed by atoms with Gasteiger partial charge in [-0.25, -0.2) is 0 Å². The molecule has 0 nitrogen and oxygen atoms in total. The second-order valence-corrected chi connectivity index (χ2v) is 7.93. The van der Waals surface area contributed by atoms with Gasteiger partial charge in [0.05, 0.1) is 12.3 Å². The third-order valence-electron chi connectivity index (χ3n) is 1.68. The van der Waals surface area contributed by atoms with Crippen LogP contribution in [0.3, 0.4) is 0 Å². The average molecular weight is 152 g/mol. The summed E-state index contributed by atoms with van der Waals surface area (Å²) in [6, 6.07) is 0. The van der Waals surface area contributed by atoms with Gasteiger partial charge in [0.1, 0.15) is 0 Å². The highest BCUT2D eigenvalue weighted by atomic mass is 31.2. The van der Waals surface area contributed by atoms with Crippen molar-refractivity contribution < 1.29 is 4.70 Å². The number of hydrogen-bond donors (Lipinski definition) is 0. The fourth-order valence-electron chi connectivity index (χ4n) is 0.763. The molecular formula is C7H18FP. The molecule has 0 aliphatic rings. The minimum Gasteiger partial charge on any atom is -1.00 e. The summed E-state index contributed by atoms with van der Waals surface area (Å²) in [7, 11) is -0.423. The first-order valence-corrected chi connectivity index (χ1v) is 6.49. The largest absolute Gasteiger partial charge is 1.00 e. The van der Waals surface area contributed by atoms with Gasteiger partial charge in [-0.2, -0.15) is 0 Å². The highest BCUT2D eigenvalue weighted by molar-refractivity contribution is 7.74. The van der Waals surface area contributed by atoms with Gasteiger partial charge in [-0.05, 0) is 13.3 Å². The van der Waals surface area contributed by atoms with Gasteiger partial charge in [0, 0.05) is 20.6 Å². The molecule has 0 unspecified atom stereocenters. The molecule has 0 heterocycles. The van der Waals surface area contributed by atoms with Gasteiger partial charge in [0.25, 0.3) is 0 Å². The van der Waals surface area contributed by atoms with Crippen molar-refractivity contribution in [3.63, 3.8) is 0 Å². The number of rotatable bonds is 3. The van der Waals surface area contributed by atoms with Crippen molar-refractivity contribution in [3.05, 3.63) is 0 Å². The molecule has 0 amide bonds. The standard InChI is InChI=1S/C7H18P.FH/c1-5-7-8(3,4)6-2;/h5-7H2,1-4H3;1H/q+1;/p-1. The van der Waals surface area contributed by atoms with Crippen LogP contribution in [0.1, 0.15) is 20.3 Å². The molecule has 0 saturated heterocycles. The van der Waals surface area contributed by atoms with E-state index in [2.05, 4.69) is 27.2 Å². The van der Waals surface area contributed by atoms with Crippen molar-refractivity contribution >= 4 is 7.26 Å². The van der Waals surface area contributed by atoms with E-state index in [1.165, 1.54) is 18.7 Å². The van der Waals surface area contributed by atoms with Gasteiger partial charge in [0.15, 0.2) is 0 Å². The van der Waals surface area contributed by atoms with Crippen LogP contribution in [0, 0.1) is 0 Å². The van der Waals surface area contributed by atoms with Crippen LogP contribution in [0.5, 0.6) is 0 Å². The monoisotopic (exact) mass is 152 g/mol. The van der Waals surface area contributed by atoms with Crippen molar-refractivity contribution in [2.45, 2.75) is 20.3 Å². The van der Waals surface area contributed by atoms with E-state index in [-0.39, 0.29) is 4.70 Å². The minimum atomic E-state index is -0.423. The molecule has 0 aromatic carbocycles. The summed E-state index contributed by atoms with van der Waals surface area (Å²) >= 11 is 0. The maximum Gasteiger partial charge on any atom is 0.0586 e. The van der Waals surface area contributed by atoms with Gasteiger partial charge in [0.2, 0.25) is 0 Å². The lowest BCUT2D eigenvalue weighted by Crippen LogP contribution is -3.00. The van der Waals surface area contributed by atoms with Gasteiger partial charge in [-0.3, -0.25) is 0 Å². The molecular weight excluding hydrogens is 134 g/mol. The zero-order chi connectivity index (χ0) is 6.62. The van der Waals surface area contributed by atoms with E-state index in [0.717, 1.165) is 0 Å². The molecule has 0 aromatic heterocycles. The Labute approximate surface area is 58.7 Å². The maximum absolute atomic E-state index is 2.44. The van der Waals surface area contributed by atoms with Gasteiger partial charge < -0.3 is 4.70 Å². The summed E-state index contributed by atoms with van der Waals surface area (Å²) in [5.41, 5.74) is 0. The van der Waals surface area contributed by atoms with Gasteiger partial charge >= 0.3 is 0 Å². The van der Waals surface area contributed by atoms with Crippen LogP contribution >= 0.6 is 7.26 Å². The lowest BCUT2D eigenvalue weighted by Gasteiger charge is -2.13. The third-order valence-corrected chi connectivity index (χ3v) is 5.05. The molecule has 0 aliphatic heterocycles. The summed E-state index contributed by atoms with van der Waals surface area (Å²) in [6.45, 7) is 9.47. The second-order valence-electron chi connectivity index (χ2n) is 2.98. The molecule has 0 aliphatic carbocycles. The Morgan fingerprint density at radius 3 is 1.67 bits per heavy atom. The first kappa shape index (κ1) is 12.1. The maximum atomic E-state index is 2.44. The molecule has 0 saturated carbocycles. The SMILES string of the molecule is CCC[P+](C)(C)CC.[F-]. The third kappa shape index (κ3) is 6.24. The van der Waals surface area contributed by atoms with Gasteiger partial charge in [-0.15, -0.1) is 0 Å². The van der Waals surface area contributed by atoms with Crippen LogP contribution in [0.2, 0.25) is 0 Å². The van der Waals surface area contributed by atoms with Crippen molar-refractivity contribution in [1.82, 2.24) is 0 Å². The summed E-state index contributed by atoms with van der Waals surface area (Å²) in [4.78, 5) is 0. The Hall–Kier alpha value is 0.360. The Morgan fingerprint density at radius 2 is 1.56 bits per heavy atom. The normalized spacial score (nSPS) is 10.7. The second kappa shape index (κ2) is 5.17. The predicted molar refractivity (Wildman–Crippen MR) is 44.5 cm³/mol. The van der Waals surface area contributed by atoms with Crippen LogP contribution in [0.4, 0.5) is 0 Å². The molecule has 0 spiro atoms. The summed E-state index contributed by atoms with van der Waals surface area (Å²) in [5.74, 6) is 0. The quantitative estimate of drug-likeness (QED) is 0.487. The predicted octanol–water partition coefficient (Wildman–Crippen LogP) is -0.302. The Kier molecular flexibility index (Phi) is 6.94. The van der Waals surface area contributed by atoms with Crippen LogP contribution in [0.25, 0.3) is 0 Å². The molecule has 0 radical (unpaired) electrons. The van der Waals surface area contributed by atoms with E-state index in [1.807, 2.05) is 0 Å². The highest BCUT2D eigenvalue weighted by Crippen LogP contribution is 2.50. The molecule has 0 rings (SSSR count). The molecule has 58 valence electrons. The van der Waals surface area contributed by atoms with Crippen molar-refractivity contribution in [2.24, 2.45) is 0 Å². The fraction of sp³-hybridized carbons (Fsp3) is 1.00. The lowest BCUT2D eigenvalue weighted by atomic mass is 10.6. The highest BCUT2D eigenvalue weighted by Gasteiger charge is 2.19. The first-order chi connectivity index (χ1) is 3.62. The minimum absolute atomic E-state index is 0. The Bertz CT molecular complexity index is 61.9. The van der Waals surface area contributed by atoms with E-state index in [1.54, 1.807) is 0 Å². The van der Waals surface area contributed by atoms with Crippen LogP contribution < -0.4 is 4.70 Å². The van der Waals surface area contributed by atoms with Crippen molar-refractivity contribution in [2.75, 3.05) is 25.7 Å². The summed E-state index contributed by atoms with van der Waals surface area (Å²) < 4.78 is 0. The zero-order valence-corrected chi connectivity index (χ0v) is 7.84. The molecule has 9 heavy (non-hydrogen) atoms. The molecule has 2 heteroatoms. The topological polar surface area (TPSA) is 0 Å². The van der Waals surface area contributed by atoms with Crippen LogP contribution in [0.15, 0.2) is 0 Å². The van der Waals surface area contributed by atoms with Crippen molar-refractivity contribution in [3.8, 4) is 0 Å². The molecule has 0 bridgehead atoms. The fourth-order valence-corrected chi connectivity index (χ4v) is 2.29. The van der Waals surface area contributed by atoms with Crippen LogP contribution in [-0.4, -0.2) is 25.7 Å². The molecule has 0 atom stereocenters. The van der Waals surface area contributed by atoms with E-state index in [9.17, 15) is 0 Å². The van der Waals surface area contributed by atoms with E-state index < -0.39 is 7.26 Å². The van der Waals surface area contributed by atoms with Crippen LogP contribution in [-0.2, 0) is 0 Å². The number of hydrogen-bond acceptors (Lipinski definition) is 0. The van der Waals surface area contributed by atoms with E-state index in [0.29, 0.717) is 0 Å².